The maximum absolute atomic E-state index is 14.4. The molecule has 43 heavy (non-hydrogen) atoms. The van der Waals surface area contributed by atoms with E-state index in [2.05, 4.69) is 18.4 Å². The number of pyridine rings is 1. The standard InChI is InChI=1S/C35H51NO7/c1-9-17-18-24(10-2)23-36-27-21-26(38-11-3)22-28(39-12-4)31(27)33(37)35(43-16-8)32(36)25-19-29(40-13-5)34(42-15-7)30(20-25)41-14-6/h19-22,24H,9-18,23H2,1-8H3. The number of nitrogens with zero attached hydrogens (tertiary/aromatic N) is 1. The summed E-state index contributed by atoms with van der Waals surface area (Å²) in [6, 6.07) is 7.62. The van der Waals surface area contributed by atoms with Crippen LogP contribution in [-0.4, -0.2) is 44.2 Å². The van der Waals surface area contributed by atoms with Gasteiger partial charge in [-0.15, -0.1) is 0 Å². The molecule has 0 aliphatic carbocycles. The van der Waals surface area contributed by atoms with Crippen molar-refractivity contribution in [1.29, 1.82) is 0 Å². The Balaban J connectivity index is 2.55. The highest BCUT2D eigenvalue weighted by Crippen LogP contribution is 2.45. The van der Waals surface area contributed by atoms with Crippen LogP contribution in [0.1, 0.15) is 81.1 Å². The summed E-state index contributed by atoms with van der Waals surface area (Å²) < 4.78 is 38.6. The van der Waals surface area contributed by atoms with Gasteiger partial charge >= 0.3 is 0 Å². The van der Waals surface area contributed by atoms with E-state index in [1.54, 1.807) is 0 Å². The van der Waals surface area contributed by atoms with Gasteiger partial charge in [-0.3, -0.25) is 4.79 Å². The largest absolute Gasteiger partial charge is 0.494 e. The second-order valence-corrected chi connectivity index (χ2v) is 10.2. The lowest BCUT2D eigenvalue weighted by molar-refractivity contribution is 0.261. The van der Waals surface area contributed by atoms with Crippen molar-refractivity contribution >= 4 is 10.9 Å². The third-order valence-corrected chi connectivity index (χ3v) is 7.33. The van der Waals surface area contributed by atoms with E-state index in [9.17, 15) is 4.79 Å². The molecule has 0 saturated carbocycles. The SMILES string of the molecule is CCCCC(CC)Cn1c(-c2cc(OCC)c(OCC)c(OCC)c2)c(OCC)c(=O)c2c(OCC)cc(OCC)cc21. The summed E-state index contributed by atoms with van der Waals surface area (Å²) in [4.78, 5) is 14.4. The zero-order valence-corrected chi connectivity index (χ0v) is 27.5. The van der Waals surface area contributed by atoms with Crippen molar-refractivity contribution in [3.8, 4) is 45.8 Å². The van der Waals surface area contributed by atoms with Gasteiger partial charge in [0.25, 0.3) is 0 Å². The van der Waals surface area contributed by atoms with Crippen LogP contribution in [0.3, 0.4) is 0 Å². The predicted molar refractivity (Wildman–Crippen MR) is 174 cm³/mol. The number of fused-ring (bicyclic) bond motifs is 1. The summed E-state index contributed by atoms with van der Waals surface area (Å²) in [5.41, 5.74) is 1.96. The second kappa shape index (κ2) is 16.9. The summed E-state index contributed by atoms with van der Waals surface area (Å²) in [5, 5.41) is 0.490. The highest BCUT2D eigenvalue weighted by Gasteiger charge is 2.27. The number of rotatable bonds is 19. The lowest BCUT2D eigenvalue weighted by atomic mass is 9.97. The van der Waals surface area contributed by atoms with Crippen molar-refractivity contribution in [1.82, 2.24) is 4.57 Å². The molecule has 1 unspecified atom stereocenters. The molecule has 8 nitrogen and oxygen atoms in total. The molecule has 1 atom stereocenters. The molecule has 2 aromatic carbocycles. The maximum Gasteiger partial charge on any atom is 0.235 e. The third-order valence-electron chi connectivity index (χ3n) is 7.33. The third kappa shape index (κ3) is 7.89. The smallest absolute Gasteiger partial charge is 0.235 e. The van der Waals surface area contributed by atoms with Crippen molar-refractivity contribution < 1.29 is 28.4 Å². The van der Waals surface area contributed by atoms with Crippen molar-refractivity contribution in [2.75, 3.05) is 39.6 Å². The average Bonchev–Trinajstić information content (AvgIpc) is 2.99. The molecule has 0 bridgehead atoms. The van der Waals surface area contributed by atoms with Crippen LogP contribution < -0.4 is 33.8 Å². The van der Waals surface area contributed by atoms with Gasteiger partial charge in [-0.25, -0.2) is 0 Å². The number of aromatic nitrogens is 1. The molecule has 0 spiro atoms. The summed E-state index contributed by atoms with van der Waals surface area (Å²) >= 11 is 0. The average molecular weight is 598 g/mol. The first-order valence-corrected chi connectivity index (χ1v) is 16.1. The van der Waals surface area contributed by atoms with Gasteiger partial charge in [0.05, 0.1) is 56.2 Å². The Morgan fingerprint density at radius 3 is 1.74 bits per heavy atom. The van der Waals surface area contributed by atoms with Crippen molar-refractivity contribution in [3.63, 3.8) is 0 Å². The van der Waals surface area contributed by atoms with E-state index in [-0.39, 0.29) is 11.2 Å². The van der Waals surface area contributed by atoms with Crippen LogP contribution in [-0.2, 0) is 6.54 Å². The maximum atomic E-state index is 14.4. The molecule has 0 N–H and O–H groups in total. The minimum absolute atomic E-state index is 0.221. The molecule has 1 heterocycles. The second-order valence-electron chi connectivity index (χ2n) is 10.2. The highest BCUT2D eigenvalue weighted by molar-refractivity contribution is 5.92. The van der Waals surface area contributed by atoms with Gasteiger partial charge in [-0.05, 0) is 66.0 Å². The zero-order chi connectivity index (χ0) is 31.4. The first-order chi connectivity index (χ1) is 20.9. The molecule has 0 aliphatic rings. The molecule has 0 fully saturated rings. The topological polar surface area (TPSA) is 77.4 Å². The minimum atomic E-state index is -0.221. The number of hydrogen-bond acceptors (Lipinski definition) is 7. The van der Waals surface area contributed by atoms with E-state index in [0.29, 0.717) is 91.9 Å². The summed E-state index contributed by atoms with van der Waals surface area (Å²) in [5.74, 6) is 3.47. The van der Waals surface area contributed by atoms with Gasteiger partial charge in [-0.2, -0.15) is 0 Å². The van der Waals surface area contributed by atoms with E-state index in [1.165, 1.54) is 0 Å². The van der Waals surface area contributed by atoms with Crippen molar-refractivity contribution in [2.24, 2.45) is 5.92 Å². The van der Waals surface area contributed by atoms with Crippen LogP contribution in [0.15, 0.2) is 29.1 Å². The first-order valence-electron chi connectivity index (χ1n) is 16.1. The molecule has 0 aliphatic heterocycles. The van der Waals surface area contributed by atoms with E-state index in [4.69, 9.17) is 28.4 Å². The van der Waals surface area contributed by atoms with Gasteiger partial charge < -0.3 is 33.0 Å². The molecule has 3 rings (SSSR count). The lowest BCUT2D eigenvalue weighted by Gasteiger charge is -2.26. The predicted octanol–water partition coefficient (Wildman–Crippen LogP) is 8.28. The Hall–Kier alpha value is -3.55. The van der Waals surface area contributed by atoms with Gasteiger partial charge in [-0.1, -0.05) is 33.1 Å². The van der Waals surface area contributed by atoms with E-state index in [0.717, 1.165) is 36.8 Å². The van der Waals surface area contributed by atoms with E-state index < -0.39 is 0 Å². The Bertz CT molecular complexity index is 1350. The summed E-state index contributed by atoms with van der Waals surface area (Å²) in [6.07, 6.45) is 4.32. The van der Waals surface area contributed by atoms with Crippen LogP contribution in [0.4, 0.5) is 0 Å². The fourth-order valence-corrected chi connectivity index (χ4v) is 5.46. The summed E-state index contributed by atoms with van der Waals surface area (Å²) in [6.45, 7) is 19.3. The molecule has 0 saturated heterocycles. The molecule has 0 amide bonds. The minimum Gasteiger partial charge on any atom is -0.494 e. The lowest BCUT2D eigenvalue weighted by Crippen LogP contribution is -2.21. The highest BCUT2D eigenvalue weighted by atomic mass is 16.5. The number of hydrogen-bond donors (Lipinski definition) is 0. The zero-order valence-electron chi connectivity index (χ0n) is 27.5. The number of unbranched alkanes of at least 4 members (excludes halogenated alkanes) is 1. The fraction of sp³-hybridized carbons (Fsp3) is 0.571. The fourth-order valence-electron chi connectivity index (χ4n) is 5.46. The Labute approximate surface area is 257 Å². The molecule has 3 aromatic rings. The van der Waals surface area contributed by atoms with Gasteiger partial charge in [0, 0.05) is 24.2 Å². The normalized spacial score (nSPS) is 11.8. The Kier molecular flexibility index (Phi) is 13.4. The summed E-state index contributed by atoms with van der Waals surface area (Å²) in [7, 11) is 0. The molecule has 0 radical (unpaired) electrons. The van der Waals surface area contributed by atoms with Crippen LogP contribution in [0, 0.1) is 5.92 Å². The number of ether oxygens (including phenoxy) is 6. The molecule has 1 aromatic heterocycles. The van der Waals surface area contributed by atoms with E-state index >= 15 is 0 Å². The van der Waals surface area contributed by atoms with E-state index in [1.807, 2.05) is 65.8 Å². The van der Waals surface area contributed by atoms with Gasteiger partial charge in [0.15, 0.2) is 17.2 Å². The molecule has 238 valence electrons. The first kappa shape index (κ1) is 33.9. The number of benzene rings is 2. The Morgan fingerprint density at radius 2 is 1.21 bits per heavy atom. The van der Waals surface area contributed by atoms with Crippen LogP contribution in [0.25, 0.3) is 22.2 Å². The molecule has 8 heteroatoms. The molecular weight excluding hydrogens is 546 g/mol. The Morgan fingerprint density at radius 1 is 0.651 bits per heavy atom. The quantitative estimate of drug-likeness (QED) is 0.138. The molecular formula is C35H51NO7. The van der Waals surface area contributed by atoms with Crippen LogP contribution in [0.5, 0.6) is 34.5 Å². The van der Waals surface area contributed by atoms with Crippen LogP contribution in [0.2, 0.25) is 0 Å². The van der Waals surface area contributed by atoms with Crippen molar-refractivity contribution in [3.05, 3.63) is 34.5 Å². The van der Waals surface area contributed by atoms with Gasteiger partial charge in [0.2, 0.25) is 11.2 Å². The van der Waals surface area contributed by atoms with Crippen molar-refractivity contribution in [2.45, 2.75) is 87.6 Å². The van der Waals surface area contributed by atoms with Gasteiger partial charge in [0.1, 0.15) is 11.5 Å². The monoisotopic (exact) mass is 597 g/mol. The van der Waals surface area contributed by atoms with Crippen LogP contribution >= 0.6 is 0 Å².